The summed E-state index contributed by atoms with van der Waals surface area (Å²) in [6.07, 6.45) is 0. The fourth-order valence-electron chi connectivity index (χ4n) is 2.41. The molecule has 1 aliphatic heterocycles. The number of sulfonamides is 1. The van der Waals surface area contributed by atoms with Gasteiger partial charge in [-0.05, 0) is 18.2 Å². The lowest BCUT2D eigenvalue weighted by Gasteiger charge is -2.25. The molecule has 25 heavy (non-hydrogen) atoms. The normalized spacial score (nSPS) is 16.2. The smallest absolute Gasteiger partial charge is 0.256 e. The third-order valence-electron chi connectivity index (χ3n) is 3.65. The number of oxazole rings is 1. The van der Waals surface area contributed by atoms with Gasteiger partial charge < -0.3 is 14.5 Å². The molecule has 0 radical (unpaired) electrons. The van der Waals surface area contributed by atoms with Gasteiger partial charge in [0.05, 0.1) is 18.1 Å². The van der Waals surface area contributed by atoms with Crippen LogP contribution in [0, 0.1) is 0 Å². The maximum Gasteiger partial charge on any atom is 0.256 e. The molecule has 1 aliphatic rings. The van der Waals surface area contributed by atoms with Gasteiger partial charge in [-0.25, -0.2) is 13.4 Å². The molecule has 2 heterocycles. The van der Waals surface area contributed by atoms with Crippen molar-refractivity contribution in [1.82, 2.24) is 14.6 Å². The Morgan fingerprint density at radius 2 is 2.12 bits per heavy atom. The fraction of sp³-hybridized carbons (Fsp3) is 0.467. The average molecular weight is 385 g/mol. The Bertz CT molecular complexity index is 859. The summed E-state index contributed by atoms with van der Waals surface area (Å²) in [6.45, 7) is 3.48. The molecule has 1 aromatic heterocycles. The van der Waals surface area contributed by atoms with E-state index in [4.69, 9.17) is 9.15 Å². The van der Waals surface area contributed by atoms with Crippen LogP contribution in [-0.2, 0) is 19.6 Å². The third-order valence-corrected chi connectivity index (χ3v) is 6.37. The van der Waals surface area contributed by atoms with Crippen molar-refractivity contribution < 1.29 is 22.4 Å². The lowest BCUT2D eigenvalue weighted by atomic mass is 10.3. The fourth-order valence-corrected chi connectivity index (χ4v) is 4.53. The topological polar surface area (TPSA) is 102 Å². The van der Waals surface area contributed by atoms with Crippen molar-refractivity contribution in [3.05, 3.63) is 18.2 Å². The Kier molecular flexibility index (Phi) is 5.62. The molecule has 3 rings (SSSR count). The van der Waals surface area contributed by atoms with E-state index in [1.165, 1.54) is 35.1 Å². The molecule has 0 saturated carbocycles. The van der Waals surface area contributed by atoms with Crippen LogP contribution in [0.1, 0.15) is 6.92 Å². The summed E-state index contributed by atoms with van der Waals surface area (Å²) in [5.74, 6) is 0.529. The first-order valence-electron chi connectivity index (χ1n) is 7.82. The Balaban J connectivity index is 1.74. The lowest BCUT2D eigenvalue weighted by Crippen LogP contribution is -2.40. The van der Waals surface area contributed by atoms with Crippen molar-refractivity contribution in [3.8, 4) is 0 Å². The van der Waals surface area contributed by atoms with Crippen molar-refractivity contribution in [3.63, 3.8) is 0 Å². The van der Waals surface area contributed by atoms with Crippen molar-refractivity contribution in [2.24, 2.45) is 0 Å². The zero-order valence-corrected chi connectivity index (χ0v) is 15.4. The second-order valence-electron chi connectivity index (χ2n) is 5.46. The monoisotopic (exact) mass is 385 g/mol. The highest BCUT2D eigenvalue weighted by Crippen LogP contribution is 2.26. The van der Waals surface area contributed by atoms with Gasteiger partial charge in [0.1, 0.15) is 5.52 Å². The van der Waals surface area contributed by atoms with Gasteiger partial charge in [0.15, 0.2) is 5.58 Å². The number of hydrogen-bond acceptors (Lipinski definition) is 7. The summed E-state index contributed by atoms with van der Waals surface area (Å²) in [6, 6.07) is 4.68. The maximum atomic E-state index is 12.7. The molecule has 1 saturated heterocycles. The highest BCUT2D eigenvalue weighted by atomic mass is 32.2. The zero-order chi connectivity index (χ0) is 17.9. The minimum absolute atomic E-state index is 0.0869. The number of morpholine rings is 1. The molecule has 0 bridgehead atoms. The minimum atomic E-state index is -3.56. The van der Waals surface area contributed by atoms with E-state index in [1.807, 2.05) is 0 Å². The highest BCUT2D eigenvalue weighted by Gasteiger charge is 2.26. The standard InChI is InChI=1S/C15H19N3O5S2/c1-11(19)16-4-9-24-15-17-13-10-12(2-3-14(13)23-15)25(20,21)18-5-7-22-8-6-18/h2-3,10H,4-9H2,1H3,(H,16,19). The van der Waals surface area contributed by atoms with E-state index < -0.39 is 10.0 Å². The molecule has 1 amide bonds. The van der Waals surface area contributed by atoms with Gasteiger partial charge in [-0.1, -0.05) is 11.8 Å². The predicted octanol–water partition coefficient (Wildman–Crippen LogP) is 1.08. The van der Waals surface area contributed by atoms with Gasteiger partial charge in [-0.2, -0.15) is 4.31 Å². The van der Waals surface area contributed by atoms with E-state index >= 15 is 0 Å². The number of fused-ring (bicyclic) bond motifs is 1. The molecule has 136 valence electrons. The highest BCUT2D eigenvalue weighted by molar-refractivity contribution is 7.99. The number of nitrogens with one attached hydrogen (secondary N) is 1. The Morgan fingerprint density at radius 1 is 1.36 bits per heavy atom. The molecule has 1 aromatic carbocycles. The summed E-state index contributed by atoms with van der Waals surface area (Å²) in [5, 5.41) is 3.14. The molecule has 1 N–H and O–H groups in total. The predicted molar refractivity (Wildman–Crippen MR) is 93.0 cm³/mol. The SMILES string of the molecule is CC(=O)NCCSc1nc2cc(S(=O)(=O)N3CCOCC3)ccc2o1. The first-order chi connectivity index (χ1) is 12.0. The first kappa shape index (κ1) is 18.2. The lowest BCUT2D eigenvalue weighted by molar-refractivity contribution is -0.118. The minimum Gasteiger partial charge on any atom is -0.431 e. The number of ether oxygens (including phenoxy) is 1. The van der Waals surface area contributed by atoms with Crippen LogP contribution in [0.4, 0.5) is 0 Å². The molecule has 1 fully saturated rings. The van der Waals surface area contributed by atoms with Gasteiger partial charge in [-0.3, -0.25) is 4.79 Å². The molecule has 0 unspecified atom stereocenters. The molecule has 0 spiro atoms. The van der Waals surface area contributed by atoms with E-state index in [0.29, 0.717) is 54.9 Å². The van der Waals surface area contributed by atoms with Gasteiger partial charge in [0.2, 0.25) is 15.9 Å². The van der Waals surface area contributed by atoms with Crippen molar-refractivity contribution >= 4 is 38.8 Å². The van der Waals surface area contributed by atoms with Crippen LogP contribution in [0.3, 0.4) is 0 Å². The Hall–Kier alpha value is -1.62. The number of carbonyl (C=O) groups is 1. The number of amides is 1. The van der Waals surface area contributed by atoms with Crippen LogP contribution in [0.25, 0.3) is 11.1 Å². The van der Waals surface area contributed by atoms with Crippen LogP contribution < -0.4 is 5.32 Å². The van der Waals surface area contributed by atoms with E-state index in [1.54, 1.807) is 6.07 Å². The molecule has 2 aromatic rings. The summed E-state index contributed by atoms with van der Waals surface area (Å²) in [7, 11) is -3.56. The van der Waals surface area contributed by atoms with Crippen molar-refractivity contribution in [2.45, 2.75) is 17.0 Å². The van der Waals surface area contributed by atoms with Gasteiger partial charge in [0, 0.05) is 32.3 Å². The molecule has 8 nitrogen and oxygen atoms in total. The Morgan fingerprint density at radius 3 is 2.84 bits per heavy atom. The number of aromatic nitrogens is 1. The molecule has 0 atom stereocenters. The summed E-state index contributed by atoms with van der Waals surface area (Å²) in [5.41, 5.74) is 1.03. The van der Waals surface area contributed by atoms with Crippen LogP contribution in [0.15, 0.2) is 32.7 Å². The summed E-state index contributed by atoms with van der Waals surface area (Å²) in [4.78, 5) is 15.4. The van der Waals surface area contributed by atoms with Crippen molar-refractivity contribution in [2.75, 3.05) is 38.6 Å². The largest absolute Gasteiger partial charge is 0.431 e. The van der Waals surface area contributed by atoms with E-state index in [-0.39, 0.29) is 10.8 Å². The number of hydrogen-bond donors (Lipinski definition) is 1. The molecule has 10 heteroatoms. The number of nitrogens with zero attached hydrogens (tertiary/aromatic N) is 2. The number of benzene rings is 1. The average Bonchev–Trinajstić information content (AvgIpc) is 3.01. The molecular weight excluding hydrogens is 366 g/mol. The van der Waals surface area contributed by atoms with Gasteiger partial charge in [0.25, 0.3) is 5.22 Å². The number of carbonyl (C=O) groups excluding carboxylic acids is 1. The summed E-state index contributed by atoms with van der Waals surface area (Å²) >= 11 is 1.36. The summed E-state index contributed by atoms with van der Waals surface area (Å²) < 4.78 is 37.6. The van der Waals surface area contributed by atoms with Crippen LogP contribution >= 0.6 is 11.8 Å². The van der Waals surface area contributed by atoms with E-state index in [2.05, 4.69) is 10.3 Å². The van der Waals surface area contributed by atoms with E-state index in [0.717, 1.165) is 0 Å². The molecular formula is C15H19N3O5S2. The van der Waals surface area contributed by atoms with Crippen LogP contribution in [-0.4, -0.2) is 62.2 Å². The third kappa shape index (κ3) is 4.32. The second kappa shape index (κ2) is 7.73. The van der Waals surface area contributed by atoms with Gasteiger partial charge >= 0.3 is 0 Å². The zero-order valence-electron chi connectivity index (χ0n) is 13.7. The van der Waals surface area contributed by atoms with Gasteiger partial charge in [-0.15, -0.1) is 0 Å². The van der Waals surface area contributed by atoms with Crippen LogP contribution in [0.5, 0.6) is 0 Å². The van der Waals surface area contributed by atoms with Crippen LogP contribution in [0.2, 0.25) is 0 Å². The first-order valence-corrected chi connectivity index (χ1v) is 10.2. The van der Waals surface area contributed by atoms with E-state index in [9.17, 15) is 13.2 Å². The molecule has 0 aliphatic carbocycles. The number of thioether (sulfide) groups is 1. The quantitative estimate of drug-likeness (QED) is 0.586. The maximum absolute atomic E-state index is 12.7. The second-order valence-corrected chi connectivity index (χ2v) is 8.44. The number of rotatable bonds is 6. The van der Waals surface area contributed by atoms with Crippen molar-refractivity contribution in [1.29, 1.82) is 0 Å². The Labute approximate surface area is 150 Å².